The lowest BCUT2D eigenvalue weighted by Crippen LogP contribution is -2.46. The van der Waals surface area contributed by atoms with Gasteiger partial charge in [-0.25, -0.2) is 0 Å². The molecule has 2 N–H and O–H groups in total. The predicted octanol–water partition coefficient (Wildman–Crippen LogP) is -0.183. The standard InChI is InChI=1S/C10H14N2O3/c13-7-8-1-2-9(15-8)10(14)12-5-3-11-4-6-12/h1-2,11,13H,3-7H2. The van der Waals surface area contributed by atoms with Crippen LogP contribution < -0.4 is 5.32 Å². The normalized spacial score (nSPS) is 16.7. The van der Waals surface area contributed by atoms with Crippen LogP contribution in [0.3, 0.4) is 0 Å². The van der Waals surface area contributed by atoms with Crippen LogP contribution in [0.1, 0.15) is 16.3 Å². The number of nitrogens with zero attached hydrogens (tertiary/aromatic N) is 1. The molecule has 0 unspecified atom stereocenters. The lowest BCUT2D eigenvalue weighted by atomic mass is 10.3. The number of carbonyl (C=O) groups excluding carboxylic acids is 1. The van der Waals surface area contributed by atoms with Gasteiger partial charge in [0.05, 0.1) is 0 Å². The molecule has 5 nitrogen and oxygen atoms in total. The zero-order valence-corrected chi connectivity index (χ0v) is 8.40. The van der Waals surface area contributed by atoms with Crippen LogP contribution in [0.15, 0.2) is 16.5 Å². The summed E-state index contributed by atoms with van der Waals surface area (Å²) in [5.74, 6) is 0.630. The Morgan fingerprint density at radius 1 is 1.47 bits per heavy atom. The first-order chi connectivity index (χ1) is 7.31. The van der Waals surface area contributed by atoms with Crippen molar-refractivity contribution < 1.29 is 14.3 Å². The largest absolute Gasteiger partial charge is 0.453 e. The van der Waals surface area contributed by atoms with Gasteiger partial charge in [-0.1, -0.05) is 0 Å². The van der Waals surface area contributed by atoms with E-state index < -0.39 is 0 Å². The minimum Gasteiger partial charge on any atom is -0.453 e. The van der Waals surface area contributed by atoms with Gasteiger partial charge in [0.1, 0.15) is 12.4 Å². The summed E-state index contributed by atoms with van der Waals surface area (Å²) in [6.45, 7) is 2.87. The van der Waals surface area contributed by atoms with E-state index in [2.05, 4.69) is 5.32 Å². The van der Waals surface area contributed by atoms with Crippen molar-refractivity contribution in [2.45, 2.75) is 6.61 Å². The van der Waals surface area contributed by atoms with Crippen molar-refractivity contribution in [3.05, 3.63) is 23.7 Å². The molecule has 0 saturated carbocycles. The number of aliphatic hydroxyl groups excluding tert-OH is 1. The molecule has 5 heteroatoms. The number of hydrogen-bond acceptors (Lipinski definition) is 4. The van der Waals surface area contributed by atoms with Crippen LogP contribution in [-0.2, 0) is 6.61 Å². The molecule has 0 aliphatic carbocycles. The van der Waals surface area contributed by atoms with Gasteiger partial charge in [0.15, 0.2) is 5.76 Å². The van der Waals surface area contributed by atoms with Gasteiger partial charge in [0, 0.05) is 26.2 Å². The second-order valence-electron chi connectivity index (χ2n) is 3.47. The van der Waals surface area contributed by atoms with Crippen molar-refractivity contribution in [1.82, 2.24) is 10.2 Å². The van der Waals surface area contributed by atoms with E-state index in [1.54, 1.807) is 17.0 Å². The second-order valence-corrected chi connectivity index (χ2v) is 3.47. The number of aliphatic hydroxyl groups is 1. The summed E-state index contributed by atoms with van der Waals surface area (Å²) in [5, 5.41) is 12.0. The molecule has 1 fully saturated rings. The third-order valence-electron chi connectivity index (χ3n) is 2.43. The third-order valence-corrected chi connectivity index (χ3v) is 2.43. The Hall–Kier alpha value is -1.33. The average molecular weight is 210 g/mol. The molecular weight excluding hydrogens is 196 g/mol. The first-order valence-electron chi connectivity index (χ1n) is 5.01. The van der Waals surface area contributed by atoms with Crippen LogP contribution in [0.2, 0.25) is 0 Å². The highest BCUT2D eigenvalue weighted by Gasteiger charge is 2.20. The molecule has 0 spiro atoms. The van der Waals surface area contributed by atoms with Crippen LogP contribution in [0.5, 0.6) is 0 Å². The number of nitrogens with one attached hydrogen (secondary N) is 1. The van der Waals surface area contributed by atoms with E-state index in [9.17, 15) is 4.79 Å². The maximum atomic E-state index is 11.9. The van der Waals surface area contributed by atoms with Gasteiger partial charge in [-0.05, 0) is 12.1 Å². The molecule has 2 heterocycles. The summed E-state index contributed by atoms with van der Waals surface area (Å²) < 4.78 is 5.19. The monoisotopic (exact) mass is 210 g/mol. The van der Waals surface area contributed by atoms with Crippen LogP contribution in [0.25, 0.3) is 0 Å². The van der Waals surface area contributed by atoms with Gasteiger partial charge in [0.25, 0.3) is 5.91 Å². The SMILES string of the molecule is O=C(c1ccc(CO)o1)N1CCNCC1. The third kappa shape index (κ3) is 2.19. The fourth-order valence-electron chi connectivity index (χ4n) is 1.60. The minimum atomic E-state index is -0.172. The maximum absolute atomic E-state index is 11.9. The van der Waals surface area contributed by atoms with E-state index in [1.165, 1.54) is 0 Å². The number of hydrogen-bond donors (Lipinski definition) is 2. The summed E-state index contributed by atoms with van der Waals surface area (Å²) in [6.07, 6.45) is 0. The number of furan rings is 1. The lowest BCUT2D eigenvalue weighted by Gasteiger charge is -2.26. The van der Waals surface area contributed by atoms with E-state index in [1.807, 2.05) is 0 Å². The van der Waals surface area contributed by atoms with Crippen molar-refractivity contribution in [2.75, 3.05) is 26.2 Å². The topological polar surface area (TPSA) is 65.7 Å². The number of carbonyl (C=O) groups is 1. The number of amides is 1. The maximum Gasteiger partial charge on any atom is 0.289 e. The quantitative estimate of drug-likeness (QED) is 0.710. The Kier molecular flexibility index (Phi) is 3.03. The summed E-state index contributed by atoms with van der Waals surface area (Å²) in [6, 6.07) is 3.23. The van der Waals surface area contributed by atoms with Crippen LogP contribution in [-0.4, -0.2) is 42.1 Å². The lowest BCUT2D eigenvalue weighted by molar-refractivity contribution is 0.0699. The molecule has 1 aromatic rings. The molecule has 2 rings (SSSR count). The van der Waals surface area contributed by atoms with Gasteiger partial charge in [0.2, 0.25) is 0 Å². The molecule has 1 aromatic heterocycles. The van der Waals surface area contributed by atoms with E-state index in [4.69, 9.17) is 9.52 Å². The van der Waals surface area contributed by atoms with Gasteiger partial charge in [-0.3, -0.25) is 4.79 Å². The second kappa shape index (κ2) is 4.46. The fraction of sp³-hybridized carbons (Fsp3) is 0.500. The van der Waals surface area contributed by atoms with Gasteiger partial charge in [-0.15, -0.1) is 0 Å². The zero-order valence-electron chi connectivity index (χ0n) is 8.40. The molecule has 0 radical (unpaired) electrons. The Morgan fingerprint density at radius 2 is 2.20 bits per heavy atom. The Bertz CT molecular complexity index is 342. The fourth-order valence-corrected chi connectivity index (χ4v) is 1.60. The van der Waals surface area contributed by atoms with Gasteiger partial charge >= 0.3 is 0 Å². The summed E-state index contributed by atoms with van der Waals surface area (Å²) in [4.78, 5) is 13.6. The molecule has 0 atom stereocenters. The summed E-state index contributed by atoms with van der Waals surface area (Å²) in [7, 11) is 0. The Balaban J connectivity index is 2.05. The average Bonchev–Trinajstić information content (AvgIpc) is 2.78. The van der Waals surface area contributed by atoms with Gasteiger partial charge in [-0.2, -0.15) is 0 Å². The molecule has 0 bridgehead atoms. The highest BCUT2D eigenvalue weighted by Crippen LogP contribution is 2.11. The number of piperazine rings is 1. The first-order valence-corrected chi connectivity index (χ1v) is 5.01. The molecule has 1 saturated heterocycles. The van der Waals surface area contributed by atoms with Crippen LogP contribution in [0.4, 0.5) is 0 Å². The van der Waals surface area contributed by atoms with Crippen molar-refractivity contribution in [2.24, 2.45) is 0 Å². The van der Waals surface area contributed by atoms with E-state index in [0.717, 1.165) is 13.1 Å². The highest BCUT2D eigenvalue weighted by atomic mass is 16.4. The van der Waals surface area contributed by atoms with Crippen molar-refractivity contribution in [1.29, 1.82) is 0 Å². The minimum absolute atomic E-state index is 0.101. The Morgan fingerprint density at radius 3 is 2.80 bits per heavy atom. The first kappa shape index (κ1) is 10.2. The molecule has 1 amide bonds. The van der Waals surface area contributed by atoms with Crippen molar-refractivity contribution in [3.63, 3.8) is 0 Å². The van der Waals surface area contributed by atoms with Crippen molar-refractivity contribution in [3.8, 4) is 0 Å². The van der Waals surface area contributed by atoms with Gasteiger partial charge < -0.3 is 19.7 Å². The van der Waals surface area contributed by atoms with E-state index >= 15 is 0 Å². The molecule has 15 heavy (non-hydrogen) atoms. The highest BCUT2D eigenvalue weighted by molar-refractivity contribution is 5.91. The van der Waals surface area contributed by atoms with E-state index in [-0.39, 0.29) is 12.5 Å². The number of rotatable bonds is 2. The summed E-state index contributed by atoms with van der Waals surface area (Å²) in [5.41, 5.74) is 0. The van der Waals surface area contributed by atoms with Crippen LogP contribution >= 0.6 is 0 Å². The zero-order chi connectivity index (χ0) is 10.7. The predicted molar refractivity (Wildman–Crippen MR) is 53.4 cm³/mol. The molecule has 82 valence electrons. The molecule has 0 aromatic carbocycles. The van der Waals surface area contributed by atoms with E-state index in [0.29, 0.717) is 24.6 Å². The Labute approximate surface area is 87.7 Å². The van der Waals surface area contributed by atoms with Crippen LogP contribution in [0, 0.1) is 0 Å². The smallest absolute Gasteiger partial charge is 0.289 e. The molecule has 1 aliphatic rings. The molecular formula is C10H14N2O3. The van der Waals surface area contributed by atoms with Crippen molar-refractivity contribution >= 4 is 5.91 Å². The summed E-state index contributed by atoms with van der Waals surface area (Å²) >= 11 is 0. The molecule has 1 aliphatic heterocycles.